The SMILES string of the molecule is C[Si](C)(C)C#Cc1cn(C[C@H]2CN(c3cc(F)c(N4CCCOCC4)c(F)c3)C(=O)O2)nn1. The Bertz CT molecular complexity index is 1060. The predicted octanol–water partition coefficient (Wildman–Crippen LogP) is 3.04. The second kappa shape index (κ2) is 9.49. The van der Waals surface area contributed by atoms with E-state index in [1.807, 2.05) is 0 Å². The van der Waals surface area contributed by atoms with Crippen LogP contribution < -0.4 is 9.80 Å². The summed E-state index contributed by atoms with van der Waals surface area (Å²) in [5, 5.41) is 8.07. The summed E-state index contributed by atoms with van der Waals surface area (Å²) in [5.41, 5.74) is 3.80. The van der Waals surface area contributed by atoms with Gasteiger partial charge >= 0.3 is 6.09 Å². The van der Waals surface area contributed by atoms with Crippen LogP contribution in [0.2, 0.25) is 19.6 Å². The van der Waals surface area contributed by atoms with E-state index in [0.717, 1.165) is 0 Å². The molecule has 176 valence electrons. The second-order valence-corrected chi connectivity index (χ2v) is 13.9. The third kappa shape index (κ3) is 5.69. The van der Waals surface area contributed by atoms with Crippen LogP contribution in [0, 0.1) is 23.1 Å². The number of cyclic esters (lactones) is 1. The van der Waals surface area contributed by atoms with Crippen LogP contribution in [0.3, 0.4) is 0 Å². The van der Waals surface area contributed by atoms with E-state index in [9.17, 15) is 13.6 Å². The Balaban J connectivity index is 1.45. The van der Waals surface area contributed by atoms with Crippen molar-refractivity contribution in [3.63, 3.8) is 0 Å². The largest absolute Gasteiger partial charge is 0.442 e. The van der Waals surface area contributed by atoms with Crippen molar-refractivity contribution in [1.29, 1.82) is 0 Å². The number of carbonyl (C=O) groups excluding carboxylic acids is 1. The number of halogens is 2. The Morgan fingerprint density at radius 2 is 1.94 bits per heavy atom. The van der Waals surface area contributed by atoms with Crippen molar-refractivity contribution in [1.82, 2.24) is 15.0 Å². The molecule has 0 unspecified atom stereocenters. The van der Waals surface area contributed by atoms with Crippen molar-refractivity contribution in [2.24, 2.45) is 0 Å². The first-order valence-corrected chi connectivity index (χ1v) is 14.4. The second-order valence-electron chi connectivity index (χ2n) is 9.15. The number of nitrogens with zero attached hydrogens (tertiary/aromatic N) is 5. The van der Waals surface area contributed by atoms with Crippen molar-refractivity contribution in [3.8, 4) is 11.5 Å². The summed E-state index contributed by atoms with van der Waals surface area (Å²) in [6.07, 6.45) is 1.19. The third-order valence-electron chi connectivity index (χ3n) is 5.22. The fourth-order valence-electron chi connectivity index (χ4n) is 3.71. The maximum atomic E-state index is 14.9. The van der Waals surface area contributed by atoms with Gasteiger partial charge in [0.05, 0.1) is 31.6 Å². The highest BCUT2D eigenvalue weighted by molar-refractivity contribution is 6.83. The van der Waals surface area contributed by atoms with Gasteiger partial charge in [-0.25, -0.2) is 18.3 Å². The molecule has 2 aromatic rings. The van der Waals surface area contributed by atoms with Crippen molar-refractivity contribution < 1.29 is 23.0 Å². The molecule has 33 heavy (non-hydrogen) atoms. The van der Waals surface area contributed by atoms with E-state index in [4.69, 9.17) is 9.47 Å². The maximum Gasteiger partial charge on any atom is 0.414 e. The molecule has 0 saturated carbocycles. The Labute approximate surface area is 192 Å². The molecule has 1 atom stereocenters. The van der Waals surface area contributed by atoms with Gasteiger partial charge in [-0.15, -0.1) is 10.6 Å². The number of ether oxygens (including phenoxy) is 2. The number of hydrogen-bond acceptors (Lipinski definition) is 6. The smallest absolute Gasteiger partial charge is 0.414 e. The zero-order valence-corrected chi connectivity index (χ0v) is 20.0. The van der Waals surface area contributed by atoms with Crippen LogP contribution in [0.4, 0.5) is 25.0 Å². The zero-order valence-electron chi connectivity index (χ0n) is 19.0. The van der Waals surface area contributed by atoms with E-state index in [0.29, 0.717) is 38.4 Å². The van der Waals surface area contributed by atoms with Gasteiger partial charge in [0.25, 0.3) is 0 Å². The van der Waals surface area contributed by atoms with Gasteiger partial charge < -0.3 is 14.4 Å². The summed E-state index contributed by atoms with van der Waals surface area (Å²) in [6.45, 7) is 8.70. The van der Waals surface area contributed by atoms with Crippen LogP contribution in [0.5, 0.6) is 0 Å². The standard InChI is InChI=1S/C22H27F2N5O3Si/c1-33(2,3)10-5-16-13-28(26-25-16)14-18-15-29(22(30)32-18)17-11-19(23)21(20(24)12-17)27-6-4-8-31-9-7-27/h11-13,18H,4,6-9,14-15H2,1-3H3/t18-/m0/s1. The summed E-state index contributed by atoms with van der Waals surface area (Å²) in [7, 11) is -1.53. The lowest BCUT2D eigenvalue weighted by atomic mass is 10.2. The van der Waals surface area contributed by atoms with Crippen LogP contribution in [-0.4, -0.2) is 68.1 Å². The molecule has 2 aliphatic heterocycles. The van der Waals surface area contributed by atoms with Crippen LogP contribution in [0.25, 0.3) is 0 Å². The molecule has 4 rings (SSSR count). The molecule has 3 heterocycles. The van der Waals surface area contributed by atoms with Crippen molar-refractivity contribution >= 4 is 25.5 Å². The average molecular weight is 476 g/mol. The molecule has 0 aliphatic carbocycles. The van der Waals surface area contributed by atoms with Gasteiger partial charge in [-0.1, -0.05) is 30.8 Å². The highest BCUT2D eigenvalue weighted by atomic mass is 28.3. The van der Waals surface area contributed by atoms with Crippen LogP contribution in [0.15, 0.2) is 18.3 Å². The average Bonchev–Trinajstić information content (AvgIpc) is 3.23. The van der Waals surface area contributed by atoms with Crippen molar-refractivity contribution in [2.45, 2.75) is 38.7 Å². The van der Waals surface area contributed by atoms with Crippen molar-refractivity contribution in [3.05, 3.63) is 35.7 Å². The zero-order chi connectivity index (χ0) is 23.6. The summed E-state index contributed by atoms with van der Waals surface area (Å²) in [6, 6.07) is 2.35. The van der Waals surface area contributed by atoms with E-state index in [-0.39, 0.29) is 24.5 Å². The van der Waals surface area contributed by atoms with E-state index in [1.54, 1.807) is 15.8 Å². The minimum atomic E-state index is -1.53. The summed E-state index contributed by atoms with van der Waals surface area (Å²) < 4.78 is 42.1. The summed E-state index contributed by atoms with van der Waals surface area (Å²) in [4.78, 5) is 15.3. The molecule has 2 fully saturated rings. The lowest BCUT2D eigenvalue weighted by molar-refractivity contribution is 0.129. The Hall–Kier alpha value is -2.97. The normalized spacial score (nSPS) is 19.2. The topological polar surface area (TPSA) is 72.7 Å². The molecule has 0 spiro atoms. The highest BCUT2D eigenvalue weighted by Crippen LogP contribution is 2.31. The predicted molar refractivity (Wildman–Crippen MR) is 122 cm³/mol. The van der Waals surface area contributed by atoms with E-state index in [1.165, 1.54) is 17.0 Å². The molecule has 11 heteroatoms. The molecule has 1 aromatic carbocycles. The molecule has 8 nitrogen and oxygen atoms in total. The molecular formula is C22H27F2N5O3Si. The van der Waals surface area contributed by atoms with Crippen LogP contribution >= 0.6 is 0 Å². The van der Waals surface area contributed by atoms with Gasteiger partial charge in [-0.3, -0.25) is 4.90 Å². The number of rotatable bonds is 4. The Morgan fingerprint density at radius 3 is 2.67 bits per heavy atom. The molecule has 2 saturated heterocycles. The molecule has 0 N–H and O–H groups in total. The lowest BCUT2D eigenvalue weighted by Crippen LogP contribution is -2.29. The molecule has 1 aromatic heterocycles. The van der Waals surface area contributed by atoms with Gasteiger partial charge in [0.1, 0.15) is 19.9 Å². The first-order chi connectivity index (χ1) is 15.7. The number of aromatic nitrogens is 3. The van der Waals surface area contributed by atoms with Crippen molar-refractivity contribution in [2.75, 3.05) is 42.6 Å². The summed E-state index contributed by atoms with van der Waals surface area (Å²) in [5.74, 6) is 1.59. The number of amides is 1. The first-order valence-electron chi connectivity index (χ1n) is 10.9. The molecule has 0 radical (unpaired) electrons. The summed E-state index contributed by atoms with van der Waals surface area (Å²) >= 11 is 0. The van der Waals surface area contributed by atoms with Crippen LogP contribution in [0.1, 0.15) is 12.1 Å². The van der Waals surface area contributed by atoms with E-state index in [2.05, 4.69) is 41.4 Å². The van der Waals surface area contributed by atoms with E-state index < -0.39 is 31.9 Å². The number of benzene rings is 1. The number of hydrogen-bond donors (Lipinski definition) is 0. The number of anilines is 2. The quantitative estimate of drug-likeness (QED) is 0.500. The van der Waals surface area contributed by atoms with Gasteiger partial charge in [0.2, 0.25) is 0 Å². The minimum absolute atomic E-state index is 0.0945. The van der Waals surface area contributed by atoms with Gasteiger partial charge in [0.15, 0.2) is 17.3 Å². The first kappa shape index (κ1) is 23.2. The molecular weight excluding hydrogens is 448 g/mol. The minimum Gasteiger partial charge on any atom is -0.442 e. The molecule has 0 bridgehead atoms. The Kier molecular flexibility index (Phi) is 6.67. The third-order valence-corrected chi connectivity index (χ3v) is 6.10. The van der Waals surface area contributed by atoms with Gasteiger partial charge in [-0.2, -0.15) is 0 Å². The monoisotopic (exact) mass is 475 g/mol. The van der Waals surface area contributed by atoms with Gasteiger partial charge in [-0.05, 0) is 6.42 Å². The van der Waals surface area contributed by atoms with Gasteiger partial charge in [0, 0.05) is 31.8 Å². The number of carbonyl (C=O) groups is 1. The fourth-order valence-corrected chi connectivity index (χ4v) is 4.22. The van der Waals surface area contributed by atoms with E-state index >= 15 is 0 Å². The molecule has 2 aliphatic rings. The van der Waals surface area contributed by atoms with Crippen LogP contribution in [-0.2, 0) is 16.0 Å². The Morgan fingerprint density at radius 1 is 1.18 bits per heavy atom. The fraction of sp³-hybridized carbons (Fsp3) is 0.500. The highest BCUT2D eigenvalue weighted by Gasteiger charge is 2.34. The molecule has 1 amide bonds. The maximum absolute atomic E-state index is 14.9. The lowest BCUT2D eigenvalue weighted by Gasteiger charge is -2.24.